The Labute approximate surface area is 106 Å². The average Bonchev–Trinajstić information content (AvgIpc) is 2.95. The van der Waals surface area contributed by atoms with Gasteiger partial charge in [0, 0.05) is 31.1 Å². The van der Waals surface area contributed by atoms with E-state index in [1.807, 2.05) is 16.5 Å². The van der Waals surface area contributed by atoms with Gasteiger partial charge in [-0.05, 0) is 19.4 Å². The number of carbonyl (C=O) groups excluding carboxylic acids is 1. The zero-order valence-corrected chi connectivity index (χ0v) is 11.0. The molecule has 94 valence electrons. The lowest BCUT2D eigenvalue weighted by Crippen LogP contribution is -2.39. The van der Waals surface area contributed by atoms with Gasteiger partial charge in [0.05, 0.1) is 11.0 Å². The summed E-state index contributed by atoms with van der Waals surface area (Å²) >= 11 is 1.66. The van der Waals surface area contributed by atoms with E-state index in [1.165, 1.54) is 0 Å². The van der Waals surface area contributed by atoms with Gasteiger partial charge in [0.1, 0.15) is 0 Å². The largest absolute Gasteiger partial charge is 0.341 e. The van der Waals surface area contributed by atoms with Gasteiger partial charge in [-0.3, -0.25) is 4.79 Å². The molecule has 1 aromatic rings. The monoisotopic (exact) mass is 253 g/mol. The summed E-state index contributed by atoms with van der Waals surface area (Å²) in [4.78, 5) is 18.2. The molecule has 1 saturated heterocycles. The van der Waals surface area contributed by atoms with E-state index in [4.69, 9.17) is 0 Å². The third kappa shape index (κ3) is 3.26. The Morgan fingerprint density at radius 1 is 1.65 bits per heavy atom. The van der Waals surface area contributed by atoms with Gasteiger partial charge in [0.25, 0.3) is 0 Å². The highest BCUT2D eigenvalue weighted by Gasteiger charge is 2.30. The molecule has 0 saturated carbocycles. The lowest BCUT2D eigenvalue weighted by Gasteiger charge is -2.16. The van der Waals surface area contributed by atoms with Crippen molar-refractivity contribution in [1.82, 2.24) is 15.2 Å². The Morgan fingerprint density at radius 2 is 2.53 bits per heavy atom. The van der Waals surface area contributed by atoms with Crippen LogP contribution in [-0.4, -0.2) is 41.5 Å². The van der Waals surface area contributed by atoms with E-state index in [0.29, 0.717) is 0 Å². The topological polar surface area (TPSA) is 45.2 Å². The Morgan fingerprint density at radius 3 is 3.24 bits per heavy atom. The third-order valence-corrected chi connectivity index (χ3v) is 3.86. The molecule has 5 heteroatoms. The zero-order valence-electron chi connectivity index (χ0n) is 10.2. The Kier molecular flexibility index (Phi) is 4.50. The SMILES string of the molecule is CCCNC1CCN(CCc2nccs2)C1=O. The van der Waals surface area contributed by atoms with Crippen LogP contribution in [0.4, 0.5) is 0 Å². The van der Waals surface area contributed by atoms with Gasteiger partial charge >= 0.3 is 0 Å². The minimum absolute atomic E-state index is 0.0474. The van der Waals surface area contributed by atoms with Crippen LogP contribution < -0.4 is 5.32 Å². The van der Waals surface area contributed by atoms with Crippen molar-refractivity contribution in [3.63, 3.8) is 0 Å². The van der Waals surface area contributed by atoms with Gasteiger partial charge in [-0.15, -0.1) is 11.3 Å². The molecule has 1 atom stereocenters. The molecule has 1 amide bonds. The highest BCUT2D eigenvalue weighted by Crippen LogP contribution is 2.13. The van der Waals surface area contributed by atoms with E-state index < -0.39 is 0 Å². The van der Waals surface area contributed by atoms with Gasteiger partial charge in [0.2, 0.25) is 5.91 Å². The number of rotatable bonds is 6. The van der Waals surface area contributed by atoms with Crippen LogP contribution in [0.15, 0.2) is 11.6 Å². The molecular weight excluding hydrogens is 234 g/mol. The van der Waals surface area contributed by atoms with Crippen molar-refractivity contribution in [3.05, 3.63) is 16.6 Å². The van der Waals surface area contributed by atoms with Gasteiger partial charge in [-0.2, -0.15) is 0 Å². The quantitative estimate of drug-likeness (QED) is 0.831. The van der Waals surface area contributed by atoms with Crippen molar-refractivity contribution >= 4 is 17.2 Å². The molecule has 1 unspecified atom stereocenters. The molecule has 0 aliphatic carbocycles. The molecule has 17 heavy (non-hydrogen) atoms. The van der Waals surface area contributed by atoms with Crippen molar-refractivity contribution in [1.29, 1.82) is 0 Å². The van der Waals surface area contributed by atoms with E-state index >= 15 is 0 Å². The summed E-state index contributed by atoms with van der Waals surface area (Å²) in [6, 6.07) is 0.0474. The smallest absolute Gasteiger partial charge is 0.239 e. The summed E-state index contributed by atoms with van der Waals surface area (Å²) < 4.78 is 0. The van der Waals surface area contributed by atoms with Crippen LogP contribution in [0.2, 0.25) is 0 Å². The summed E-state index contributed by atoms with van der Waals surface area (Å²) in [6.45, 7) is 4.73. The maximum absolute atomic E-state index is 12.0. The van der Waals surface area contributed by atoms with Crippen LogP contribution in [0.3, 0.4) is 0 Å². The van der Waals surface area contributed by atoms with Crippen molar-refractivity contribution in [2.45, 2.75) is 32.2 Å². The molecule has 2 heterocycles. The van der Waals surface area contributed by atoms with Crippen molar-refractivity contribution < 1.29 is 4.79 Å². The van der Waals surface area contributed by atoms with Gasteiger partial charge in [-0.1, -0.05) is 6.92 Å². The Bertz CT molecular complexity index is 353. The van der Waals surface area contributed by atoms with E-state index in [0.717, 1.165) is 43.9 Å². The highest BCUT2D eigenvalue weighted by molar-refractivity contribution is 7.09. The average molecular weight is 253 g/mol. The fraction of sp³-hybridized carbons (Fsp3) is 0.667. The zero-order chi connectivity index (χ0) is 12.1. The first-order valence-corrected chi connectivity index (χ1v) is 7.09. The Hall–Kier alpha value is -0.940. The standard InChI is InChI=1S/C12H19N3OS/c1-2-5-13-10-3-7-15(12(10)16)8-4-11-14-6-9-17-11/h6,9-10,13H,2-5,7-8H2,1H3. The third-order valence-electron chi connectivity index (χ3n) is 3.02. The molecule has 1 N–H and O–H groups in total. The van der Waals surface area contributed by atoms with Crippen molar-refractivity contribution in [2.24, 2.45) is 0 Å². The number of nitrogens with zero attached hydrogens (tertiary/aromatic N) is 2. The first kappa shape index (κ1) is 12.5. The fourth-order valence-electron chi connectivity index (χ4n) is 2.08. The molecule has 0 radical (unpaired) electrons. The highest BCUT2D eigenvalue weighted by atomic mass is 32.1. The number of hydrogen-bond donors (Lipinski definition) is 1. The van der Waals surface area contributed by atoms with Gasteiger partial charge in [-0.25, -0.2) is 4.98 Å². The molecule has 2 rings (SSSR count). The maximum Gasteiger partial charge on any atom is 0.239 e. The number of thiazole rings is 1. The van der Waals surface area contributed by atoms with E-state index in [-0.39, 0.29) is 11.9 Å². The molecule has 4 nitrogen and oxygen atoms in total. The summed E-state index contributed by atoms with van der Waals surface area (Å²) in [5.41, 5.74) is 0. The normalized spacial score (nSPS) is 20.2. The minimum Gasteiger partial charge on any atom is -0.341 e. The van der Waals surface area contributed by atoms with E-state index in [2.05, 4.69) is 17.2 Å². The lowest BCUT2D eigenvalue weighted by atomic mass is 10.2. The maximum atomic E-state index is 12.0. The van der Waals surface area contributed by atoms with Crippen LogP contribution in [0.1, 0.15) is 24.8 Å². The number of carbonyl (C=O) groups is 1. The fourth-order valence-corrected chi connectivity index (χ4v) is 2.69. The molecule has 1 fully saturated rings. The van der Waals surface area contributed by atoms with E-state index in [1.54, 1.807) is 11.3 Å². The number of likely N-dealkylation sites (tertiary alicyclic amines) is 1. The van der Waals surface area contributed by atoms with Gasteiger partial charge < -0.3 is 10.2 Å². The predicted molar refractivity (Wildman–Crippen MR) is 69.1 cm³/mol. The van der Waals surface area contributed by atoms with Crippen LogP contribution in [-0.2, 0) is 11.2 Å². The second kappa shape index (κ2) is 6.12. The van der Waals surface area contributed by atoms with Crippen LogP contribution in [0.5, 0.6) is 0 Å². The minimum atomic E-state index is 0.0474. The summed E-state index contributed by atoms with van der Waals surface area (Å²) in [5.74, 6) is 0.259. The van der Waals surface area contributed by atoms with Crippen LogP contribution >= 0.6 is 11.3 Å². The summed E-state index contributed by atoms with van der Waals surface area (Å²) in [6.07, 6.45) is 4.71. The molecule has 0 spiro atoms. The van der Waals surface area contributed by atoms with E-state index in [9.17, 15) is 4.79 Å². The summed E-state index contributed by atoms with van der Waals surface area (Å²) in [5, 5.41) is 6.39. The first-order valence-electron chi connectivity index (χ1n) is 6.21. The molecule has 1 aliphatic heterocycles. The van der Waals surface area contributed by atoms with Gasteiger partial charge in [0.15, 0.2) is 0 Å². The number of aromatic nitrogens is 1. The lowest BCUT2D eigenvalue weighted by molar-refractivity contribution is -0.129. The number of hydrogen-bond acceptors (Lipinski definition) is 4. The molecule has 1 aliphatic rings. The van der Waals surface area contributed by atoms with Crippen LogP contribution in [0, 0.1) is 0 Å². The van der Waals surface area contributed by atoms with Crippen molar-refractivity contribution in [3.8, 4) is 0 Å². The number of amides is 1. The first-order chi connectivity index (χ1) is 8.31. The molecule has 0 aromatic carbocycles. The predicted octanol–water partition coefficient (Wildman–Crippen LogP) is 1.29. The van der Waals surface area contributed by atoms with Crippen LogP contribution in [0.25, 0.3) is 0 Å². The molecular formula is C12H19N3OS. The second-order valence-corrected chi connectivity index (χ2v) is 5.28. The summed E-state index contributed by atoms with van der Waals surface area (Å²) in [7, 11) is 0. The van der Waals surface area contributed by atoms with Crippen molar-refractivity contribution in [2.75, 3.05) is 19.6 Å². The molecule has 0 bridgehead atoms. The second-order valence-electron chi connectivity index (χ2n) is 4.30. The number of nitrogens with one attached hydrogen (secondary N) is 1. The Balaban J connectivity index is 1.77. The molecule has 1 aromatic heterocycles.